The zero-order chi connectivity index (χ0) is 13.0. The van der Waals surface area contributed by atoms with E-state index in [4.69, 9.17) is 16.7 Å². The lowest BCUT2D eigenvalue weighted by Crippen LogP contribution is -2.37. The summed E-state index contributed by atoms with van der Waals surface area (Å²) in [4.78, 5) is 22.1. The van der Waals surface area contributed by atoms with Crippen LogP contribution in [0.4, 0.5) is 4.39 Å². The first kappa shape index (κ1) is 13.6. The van der Waals surface area contributed by atoms with Gasteiger partial charge in [-0.3, -0.25) is 14.9 Å². The Kier molecular flexibility index (Phi) is 4.60. The van der Waals surface area contributed by atoms with Crippen LogP contribution in [-0.2, 0) is 4.79 Å². The Morgan fingerprint density at radius 3 is 2.71 bits per heavy atom. The van der Waals surface area contributed by atoms with Crippen molar-refractivity contribution in [2.45, 2.75) is 13.0 Å². The average Bonchev–Trinajstić information content (AvgIpc) is 2.28. The predicted octanol–water partition coefficient (Wildman–Crippen LogP) is 1.72. The largest absolute Gasteiger partial charge is 0.480 e. The summed E-state index contributed by atoms with van der Waals surface area (Å²) in [5, 5.41) is 11.0. The molecule has 0 aliphatic heterocycles. The number of rotatable bonds is 5. The molecule has 6 heteroatoms. The first-order valence-electron chi connectivity index (χ1n) is 4.86. The summed E-state index contributed by atoms with van der Waals surface area (Å²) in [7, 11) is 0. The predicted molar refractivity (Wildman–Crippen MR) is 60.8 cm³/mol. The molecule has 92 valence electrons. The van der Waals surface area contributed by atoms with Gasteiger partial charge in [-0.1, -0.05) is 11.6 Å². The Balaban J connectivity index is 2.64. The van der Waals surface area contributed by atoms with E-state index < -0.39 is 17.8 Å². The molecule has 2 N–H and O–H groups in total. The van der Waals surface area contributed by atoms with E-state index in [2.05, 4.69) is 5.32 Å². The normalized spacial score (nSPS) is 12.2. The minimum Gasteiger partial charge on any atom is -0.480 e. The van der Waals surface area contributed by atoms with Gasteiger partial charge in [0.15, 0.2) is 5.78 Å². The Hall–Kier alpha value is -1.46. The van der Waals surface area contributed by atoms with E-state index in [9.17, 15) is 14.0 Å². The van der Waals surface area contributed by atoms with Crippen molar-refractivity contribution in [1.82, 2.24) is 5.32 Å². The first-order chi connectivity index (χ1) is 7.91. The second-order valence-electron chi connectivity index (χ2n) is 3.49. The molecule has 1 rings (SSSR count). The van der Waals surface area contributed by atoms with Crippen LogP contribution in [0.3, 0.4) is 0 Å². The molecule has 4 nitrogen and oxygen atoms in total. The van der Waals surface area contributed by atoms with Crippen LogP contribution < -0.4 is 5.32 Å². The molecule has 0 saturated carbocycles. The van der Waals surface area contributed by atoms with Crippen LogP contribution >= 0.6 is 11.6 Å². The van der Waals surface area contributed by atoms with E-state index in [0.717, 1.165) is 6.07 Å². The van der Waals surface area contributed by atoms with Crippen LogP contribution in [0.1, 0.15) is 17.3 Å². The van der Waals surface area contributed by atoms with Gasteiger partial charge in [-0.05, 0) is 25.1 Å². The van der Waals surface area contributed by atoms with Gasteiger partial charge in [0.2, 0.25) is 0 Å². The van der Waals surface area contributed by atoms with Crippen molar-refractivity contribution in [2.75, 3.05) is 6.54 Å². The van der Waals surface area contributed by atoms with Crippen molar-refractivity contribution in [3.8, 4) is 0 Å². The number of hydrogen-bond donors (Lipinski definition) is 2. The molecule has 17 heavy (non-hydrogen) atoms. The molecule has 1 unspecified atom stereocenters. The van der Waals surface area contributed by atoms with Crippen LogP contribution in [-0.4, -0.2) is 29.4 Å². The fourth-order valence-corrected chi connectivity index (χ4v) is 1.29. The highest BCUT2D eigenvalue weighted by atomic mass is 35.5. The summed E-state index contributed by atoms with van der Waals surface area (Å²) in [6.07, 6.45) is 0. The number of aliphatic carboxylic acids is 1. The number of benzene rings is 1. The Labute approximate surface area is 102 Å². The van der Waals surface area contributed by atoms with Gasteiger partial charge in [0.05, 0.1) is 11.6 Å². The van der Waals surface area contributed by atoms with E-state index >= 15 is 0 Å². The number of Topliss-reactive ketones (excluding diaryl/α,β-unsaturated/α-hetero) is 1. The van der Waals surface area contributed by atoms with Crippen LogP contribution in [0.25, 0.3) is 0 Å². The number of hydrogen-bond acceptors (Lipinski definition) is 3. The molecular weight excluding hydrogens is 249 g/mol. The van der Waals surface area contributed by atoms with Crippen molar-refractivity contribution < 1.29 is 19.1 Å². The lowest BCUT2D eigenvalue weighted by atomic mass is 10.1. The zero-order valence-electron chi connectivity index (χ0n) is 9.04. The summed E-state index contributed by atoms with van der Waals surface area (Å²) in [5.74, 6) is -2.00. The van der Waals surface area contributed by atoms with E-state index in [0.29, 0.717) is 0 Å². The molecule has 1 aromatic carbocycles. The first-order valence-corrected chi connectivity index (χ1v) is 5.24. The molecule has 0 aliphatic rings. The highest BCUT2D eigenvalue weighted by Crippen LogP contribution is 2.16. The maximum atomic E-state index is 12.8. The topological polar surface area (TPSA) is 66.4 Å². The van der Waals surface area contributed by atoms with Crippen LogP contribution in [0.15, 0.2) is 18.2 Å². The summed E-state index contributed by atoms with van der Waals surface area (Å²) >= 11 is 5.53. The highest BCUT2D eigenvalue weighted by Gasteiger charge is 2.13. The Bertz CT molecular complexity index is 450. The van der Waals surface area contributed by atoms with Gasteiger partial charge in [0.25, 0.3) is 0 Å². The number of carboxylic acids is 1. The van der Waals surface area contributed by atoms with E-state index in [1.54, 1.807) is 0 Å². The fraction of sp³-hybridized carbons (Fsp3) is 0.273. The molecule has 0 aromatic heterocycles. The van der Waals surface area contributed by atoms with Gasteiger partial charge < -0.3 is 5.11 Å². The minimum absolute atomic E-state index is 0.137. The molecule has 0 saturated heterocycles. The smallest absolute Gasteiger partial charge is 0.320 e. The second kappa shape index (κ2) is 5.75. The van der Waals surface area contributed by atoms with Crippen molar-refractivity contribution >= 4 is 23.4 Å². The fourth-order valence-electron chi connectivity index (χ4n) is 1.10. The van der Waals surface area contributed by atoms with Gasteiger partial charge in [0, 0.05) is 5.56 Å². The maximum Gasteiger partial charge on any atom is 0.320 e. The monoisotopic (exact) mass is 259 g/mol. The number of carbonyl (C=O) groups is 2. The van der Waals surface area contributed by atoms with E-state index in [1.165, 1.54) is 19.1 Å². The molecule has 0 aliphatic carbocycles. The third kappa shape index (κ3) is 3.80. The third-order valence-electron chi connectivity index (χ3n) is 2.18. The third-order valence-corrected chi connectivity index (χ3v) is 2.47. The van der Waals surface area contributed by atoms with Crippen molar-refractivity contribution in [2.24, 2.45) is 0 Å². The van der Waals surface area contributed by atoms with Gasteiger partial charge in [-0.25, -0.2) is 4.39 Å². The maximum absolute atomic E-state index is 12.8. The summed E-state index contributed by atoms with van der Waals surface area (Å²) in [5.41, 5.74) is 0.237. The lowest BCUT2D eigenvalue weighted by molar-refractivity contribution is -0.138. The molecule has 1 aromatic rings. The second-order valence-corrected chi connectivity index (χ2v) is 3.90. The molecule has 0 fully saturated rings. The van der Waals surface area contributed by atoms with Gasteiger partial charge in [-0.15, -0.1) is 0 Å². The SMILES string of the molecule is CC(NCC(=O)c1ccc(F)c(Cl)c1)C(=O)O. The molecule has 0 spiro atoms. The summed E-state index contributed by atoms with van der Waals surface area (Å²) < 4.78 is 12.8. The number of carbonyl (C=O) groups excluding carboxylic acids is 1. The van der Waals surface area contributed by atoms with E-state index in [-0.39, 0.29) is 22.9 Å². The van der Waals surface area contributed by atoms with Gasteiger partial charge in [0.1, 0.15) is 11.9 Å². The highest BCUT2D eigenvalue weighted by molar-refractivity contribution is 6.31. The molecular formula is C11H11ClFNO3. The quantitative estimate of drug-likeness (QED) is 0.791. The molecule has 1 atom stereocenters. The number of carboxylic acid groups (broad SMARTS) is 1. The molecule has 0 heterocycles. The molecule has 0 amide bonds. The number of halogens is 2. The Morgan fingerprint density at radius 1 is 1.53 bits per heavy atom. The van der Waals surface area contributed by atoms with Gasteiger partial charge in [-0.2, -0.15) is 0 Å². The van der Waals surface area contributed by atoms with Crippen molar-refractivity contribution in [3.05, 3.63) is 34.6 Å². The van der Waals surface area contributed by atoms with Crippen LogP contribution in [0, 0.1) is 5.82 Å². The molecule has 0 bridgehead atoms. The number of ketones is 1. The standard InChI is InChI=1S/C11H11ClFNO3/c1-6(11(16)17)14-5-10(15)7-2-3-9(13)8(12)4-7/h2-4,6,14H,5H2,1H3,(H,16,17). The van der Waals surface area contributed by atoms with Gasteiger partial charge >= 0.3 is 5.97 Å². The minimum atomic E-state index is -1.05. The summed E-state index contributed by atoms with van der Waals surface area (Å²) in [6, 6.07) is 2.79. The average molecular weight is 260 g/mol. The van der Waals surface area contributed by atoms with E-state index in [1.807, 2.05) is 0 Å². The molecule has 0 radical (unpaired) electrons. The zero-order valence-corrected chi connectivity index (χ0v) is 9.79. The number of nitrogens with one attached hydrogen (secondary N) is 1. The summed E-state index contributed by atoms with van der Waals surface area (Å²) in [6.45, 7) is 1.28. The van der Waals surface area contributed by atoms with Crippen LogP contribution in [0.2, 0.25) is 5.02 Å². The Morgan fingerprint density at radius 2 is 2.18 bits per heavy atom. The lowest BCUT2D eigenvalue weighted by Gasteiger charge is -2.08. The van der Waals surface area contributed by atoms with Crippen molar-refractivity contribution in [1.29, 1.82) is 0 Å². The van der Waals surface area contributed by atoms with Crippen LogP contribution in [0.5, 0.6) is 0 Å². The van der Waals surface area contributed by atoms with Crippen molar-refractivity contribution in [3.63, 3.8) is 0 Å².